The van der Waals surface area contributed by atoms with Crippen LogP contribution in [0, 0.1) is 53.3 Å². The number of nitrogens with one attached hydrogen (secondary N) is 4. The topological polar surface area (TPSA) is 414 Å². The first-order chi connectivity index (χ1) is 62.4. The van der Waals surface area contributed by atoms with E-state index in [9.17, 15) is 57.8 Å². The van der Waals surface area contributed by atoms with Crippen LogP contribution in [-0.4, -0.2) is 338 Å². The van der Waals surface area contributed by atoms with Crippen LogP contribution in [-0.2, 0) is 96.9 Å². The number of ether oxygens (including phenoxy) is 10. The fourth-order valence-corrected chi connectivity index (χ4v) is 17.7. The number of esters is 1. The maximum atomic E-state index is 14.6. The van der Waals surface area contributed by atoms with Gasteiger partial charge in [-0.3, -0.25) is 48.2 Å². The number of allylic oxidation sites excluding steroid dienone is 3. The monoisotopic (exact) mass is 1890 g/mol. The molecule has 4 rings (SSSR count). The van der Waals surface area contributed by atoms with Gasteiger partial charge in [-0.2, -0.15) is 0 Å². The van der Waals surface area contributed by atoms with Gasteiger partial charge in [-0.25, -0.2) is 14.4 Å². The molecule has 34 heteroatoms. The van der Waals surface area contributed by atoms with Crippen molar-refractivity contribution in [1.29, 1.82) is 0 Å². The molecule has 3 aliphatic rings. The molecule has 1 aromatic rings. The summed E-state index contributed by atoms with van der Waals surface area (Å²) in [5, 5.41) is 30.8. The second-order valence-corrected chi connectivity index (χ2v) is 39.2. The van der Waals surface area contributed by atoms with Gasteiger partial charge in [-0.05, 0) is 142 Å². The first-order valence-electron chi connectivity index (χ1n) is 47.9. The van der Waals surface area contributed by atoms with Gasteiger partial charge in [0, 0.05) is 108 Å². The Bertz CT molecular complexity index is 3710. The number of carbonyl (C=O) groups is 11. The van der Waals surface area contributed by atoms with Gasteiger partial charge in [0.2, 0.25) is 35.4 Å². The van der Waals surface area contributed by atoms with Crippen molar-refractivity contribution in [2.24, 2.45) is 59.0 Å². The molecule has 2 aliphatic heterocycles. The van der Waals surface area contributed by atoms with Crippen LogP contribution >= 0.6 is 0 Å². The zero-order valence-electron chi connectivity index (χ0n) is 86.4. The highest BCUT2D eigenvalue weighted by atomic mass is 16.6. The number of aliphatic hydroxyl groups excluding tert-OH is 1. The maximum absolute atomic E-state index is 14.6. The van der Waals surface area contributed by atoms with Crippen molar-refractivity contribution in [3.05, 3.63) is 59.7 Å². The number of hydrogen-bond acceptors (Lipinski definition) is 25. The summed E-state index contributed by atoms with van der Waals surface area (Å²) < 4.78 is 55.5. The van der Waals surface area contributed by atoms with Crippen molar-refractivity contribution in [2.75, 3.05) is 137 Å². The second kappa shape index (κ2) is 61.4. The smallest absolute Gasteiger partial charge is 0.407 e. The van der Waals surface area contributed by atoms with Crippen LogP contribution in [0.5, 0.6) is 0 Å². The molecule has 0 bridgehead atoms. The molecule has 0 aromatic heterocycles. The molecule has 2 fully saturated rings. The number of carboxylic acids is 1. The normalized spacial score (nSPS) is 18.6. The van der Waals surface area contributed by atoms with E-state index in [1.165, 1.54) is 21.3 Å². The van der Waals surface area contributed by atoms with Crippen LogP contribution in [0.15, 0.2) is 54.1 Å². The predicted molar refractivity (Wildman–Crippen MR) is 513 cm³/mol. The molecular formula is C99H175N11O23. The highest BCUT2D eigenvalue weighted by Gasteiger charge is 2.47. The number of aliphatic carboxylic acids is 1. The lowest BCUT2D eigenvalue weighted by molar-refractivity contribution is -0.150. The Kier molecular flexibility index (Phi) is 56.0. The van der Waals surface area contributed by atoms with Crippen LogP contribution < -0.4 is 27.0 Å². The van der Waals surface area contributed by atoms with Gasteiger partial charge in [-0.1, -0.05) is 164 Å². The van der Waals surface area contributed by atoms with E-state index >= 15 is 0 Å². The molecular weight excluding hydrogens is 1710 g/mol. The molecule has 1 aromatic carbocycles. The number of ketones is 1. The number of benzene rings is 1. The molecule has 764 valence electrons. The average Bonchev–Trinajstić information content (AvgIpc) is 1.76. The number of amides is 8. The Morgan fingerprint density at radius 2 is 0.985 bits per heavy atom. The van der Waals surface area contributed by atoms with Crippen molar-refractivity contribution in [3.8, 4) is 0 Å². The molecule has 0 saturated carbocycles. The van der Waals surface area contributed by atoms with E-state index in [1.807, 2.05) is 118 Å². The van der Waals surface area contributed by atoms with Crippen LogP contribution in [0.1, 0.15) is 221 Å². The zero-order valence-corrected chi connectivity index (χ0v) is 86.4. The third-order valence-corrected chi connectivity index (χ3v) is 25.4. The van der Waals surface area contributed by atoms with Crippen molar-refractivity contribution < 1.29 is 110 Å². The number of Topliss-reactive ketones (excluding diaryl/α,β-unsaturated/α-hetero) is 1. The molecule has 1 aliphatic carbocycles. The highest BCUT2D eigenvalue weighted by molar-refractivity contribution is 5.91. The van der Waals surface area contributed by atoms with Crippen molar-refractivity contribution in [2.45, 2.75) is 318 Å². The summed E-state index contributed by atoms with van der Waals surface area (Å²) >= 11 is 0. The lowest BCUT2D eigenvalue weighted by Gasteiger charge is -2.41. The number of nitrogens with two attached hydrogens (primary N) is 1. The maximum Gasteiger partial charge on any atom is 0.407 e. The summed E-state index contributed by atoms with van der Waals surface area (Å²) in [7, 11) is 16.0. The van der Waals surface area contributed by atoms with Gasteiger partial charge < -0.3 is 104 Å². The quantitative estimate of drug-likeness (QED) is 0.0138. The van der Waals surface area contributed by atoms with E-state index in [2.05, 4.69) is 47.3 Å². The molecule has 8 amide bonds. The largest absolute Gasteiger partial charge is 0.480 e. The number of aliphatic hydroxyl groups is 1. The molecule has 2 saturated heterocycles. The number of methoxy groups -OCH3 is 6. The van der Waals surface area contributed by atoms with Gasteiger partial charge in [0.15, 0.2) is 12.1 Å². The Morgan fingerprint density at radius 3 is 1.36 bits per heavy atom. The van der Waals surface area contributed by atoms with Crippen molar-refractivity contribution in [3.63, 3.8) is 0 Å². The van der Waals surface area contributed by atoms with Gasteiger partial charge in [0.1, 0.15) is 23.3 Å². The third kappa shape index (κ3) is 41.2. The number of rotatable bonds is 55. The average molecular weight is 1890 g/mol. The SMILES string of the molecule is CC(C)[C@@H](C(=O)O)N(C)CCOCCNC(=O)OC(C)(C)C.CC[C@H](C)[C@@H]([C@@H](CC(=O)N1CCC[C@H]1[C@H](OC)[C@@H](C)C(=O)N[C@@H](CC1=CCCC=C1)C(O)OC)OC)N(C)C(=O)[C@@H](N)C(C)C.CC[C@H](C)[C@@H]([C@@H](CC(=O)N1CCC[C@H]1[C@H](OC)[C@@H](C)C(=O)N[C@@H](Cc1ccccc1)C(=O)OC)OC)N(C)C(=O)[C@@H](CC(=O)[C@H](C(C)C)N(C)CCOCCNC(=O)OC(C)(C)C)C(C)C. The zero-order chi connectivity index (χ0) is 101. The molecule has 0 radical (unpaired) electrons. The lowest BCUT2D eigenvalue weighted by Crippen LogP contribution is -2.56. The number of likely N-dealkylation sites (tertiary alicyclic amines) is 2. The van der Waals surface area contributed by atoms with Crippen molar-refractivity contribution in [1.82, 2.24) is 50.7 Å². The fourth-order valence-electron chi connectivity index (χ4n) is 17.7. The minimum atomic E-state index is -1.17. The number of nitrogens with zero attached hydrogens (tertiary/aromatic N) is 6. The summed E-state index contributed by atoms with van der Waals surface area (Å²) in [6, 6.07) is 4.64. The van der Waals surface area contributed by atoms with E-state index in [1.54, 1.807) is 122 Å². The molecule has 1 unspecified atom stereocenters. The fraction of sp³-hybridized carbons (Fsp3) is 0.788. The Hall–Kier alpha value is -7.77. The van der Waals surface area contributed by atoms with Gasteiger partial charge in [-0.15, -0.1) is 0 Å². The third-order valence-electron chi connectivity index (χ3n) is 25.4. The molecule has 0 spiro atoms. The standard InChI is InChI=1S/C50H85N5O11.C34H60N4O7.C15H30N2O5/c1-16-34(6)44(54(12)47(59)37(32(2)3)30-40(56)43(33(4)5)53(11)26-28-65-27-24-51-49(61)66-50(8,9)10)41(62-13)31-42(57)55-25-20-23-39(55)45(63-14)35(7)46(58)52-38(48(60)64-15)29-36-21-18-17-19-22-36;1-10-22(4)30(37(6)33(41)29(35)21(2)3)27(43-7)20-28(39)38-18-14-17-26(38)31(44-8)23(5)32(40)36-25(34(42)45-9)19-24-15-12-11-13-16-24;1-11(2)12(13(18)19)17(6)8-10-21-9-7-16-14(20)22-15(3,4)5/h17-19,21-22,32-35,37-39,41,43-45H,16,20,23-31H2,1-15H3,(H,51,61)(H,52,58);12,15-16,21-23,25-27,29-31,34,42H,10-11,13-14,17-20,35H2,1-9H3,(H,36,40);11-12H,7-10H2,1-6H3,(H,16,20)(H,18,19)/t34-,35+,37-,38-,39-,41+,43-,44-,45+;22-,23+,25-,26-,27+,29-,30-,31+,34?;12-/m000/s1. The lowest BCUT2D eigenvalue weighted by atomic mass is 9.83. The number of hydrogen-bond donors (Lipinski definition) is 7. The molecule has 8 N–H and O–H groups in total. The second-order valence-electron chi connectivity index (χ2n) is 39.2. The summed E-state index contributed by atoms with van der Waals surface area (Å²) in [5.41, 5.74) is 7.02. The Morgan fingerprint density at radius 1 is 0.541 bits per heavy atom. The van der Waals surface area contributed by atoms with Gasteiger partial charge in [0.25, 0.3) is 0 Å². The van der Waals surface area contributed by atoms with Crippen LogP contribution in [0.4, 0.5) is 9.59 Å². The first kappa shape index (κ1) is 121. The van der Waals surface area contributed by atoms with E-state index in [0.29, 0.717) is 84.6 Å². The molecule has 2 heterocycles. The minimum Gasteiger partial charge on any atom is -0.480 e. The number of alkyl carbamates (subject to hydrolysis) is 2. The number of likely N-dealkylation sites (N-methyl/N-ethyl adjacent to an activating group) is 4. The van der Waals surface area contributed by atoms with E-state index in [0.717, 1.165) is 36.8 Å². The molecule has 19 atom stereocenters. The van der Waals surface area contributed by atoms with Crippen LogP contribution in [0.2, 0.25) is 0 Å². The van der Waals surface area contributed by atoms with E-state index < -0.39 is 126 Å². The Labute approximate surface area is 796 Å². The van der Waals surface area contributed by atoms with Crippen LogP contribution in [0.25, 0.3) is 0 Å². The minimum absolute atomic E-state index is 0.0112. The van der Waals surface area contributed by atoms with E-state index in [4.69, 9.17) is 58.2 Å². The Balaban J connectivity index is 0.000000765. The summed E-state index contributed by atoms with van der Waals surface area (Å²) in [4.78, 5) is 156. The number of carboxylic acid groups (broad SMARTS) is 1. The summed E-state index contributed by atoms with van der Waals surface area (Å²) in [6.45, 7) is 42.0. The molecule has 34 nitrogen and oxygen atoms in total. The number of carbonyl (C=O) groups excluding carboxylic acids is 10. The summed E-state index contributed by atoms with van der Waals surface area (Å²) in [5.74, 6) is -4.84. The first-order valence-corrected chi connectivity index (χ1v) is 47.9. The van der Waals surface area contributed by atoms with Crippen LogP contribution in [0.3, 0.4) is 0 Å². The van der Waals surface area contributed by atoms with Gasteiger partial charge in [0.05, 0.1) is 125 Å². The van der Waals surface area contributed by atoms with Crippen molar-refractivity contribution >= 4 is 65.4 Å². The van der Waals surface area contributed by atoms with E-state index in [-0.39, 0.29) is 128 Å². The highest BCUT2D eigenvalue weighted by Crippen LogP contribution is 2.34. The summed E-state index contributed by atoms with van der Waals surface area (Å²) in [6.07, 6.45) is 8.62. The van der Waals surface area contributed by atoms with Gasteiger partial charge >= 0.3 is 24.1 Å². The molecule has 133 heavy (non-hydrogen) atoms. The predicted octanol–water partition coefficient (Wildman–Crippen LogP) is 10.1.